The maximum absolute atomic E-state index is 11.6. The zero-order valence-corrected chi connectivity index (χ0v) is 10.9. The summed E-state index contributed by atoms with van der Waals surface area (Å²) in [5.74, 6) is 0. The molecule has 100 valence electrons. The zero-order chi connectivity index (χ0) is 12.5. The highest BCUT2D eigenvalue weighted by Crippen LogP contribution is 2.20. The van der Waals surface area contributed by atoms with Crippen molar-refractivity contribution in [3.63, 3.8) is 0 Å². The van der Waals surface area contributed by atoms with Gasteiger partial charge < -0.3 is 4.74 Å². The summed E-state index contributed by atoms with van der Waals surface area (Å²) in [5.41, 5.74) is -0.294. The van der Waals surface area contributed by atoms with E-state index in [0.717, 1.165) is 6.07 Å². The van der Waals surface area contributed by atoms with Gasteiger partial charge in [-0.1, -0.05) is 6.07 Å². The first-order valence-corrected chi connectivity index (χ1v) is 6.15. The zero-order valence-electron chi connectivity index (χ0n) is 9.11. The molecule has 2 rings (SSSR count). The number of hydrogen-bond acceptors (Lipinski definition) is 6. The maximum atomic E-state index is 11.6. The molecule has 1 heterocycles. The molecular weight excluding hydrogens is 282 g/mol. The Morgan fingerprint density at radius 2 is 2.17 bits per heavy atom. The molecule has 1 aromatic rings. The molecule has 0 unspecified atom stereocenters. The average Bonchev–Trinajstić information content (AvgIpc) is 3.10. The summed E-state index contributed by atoms with van der Waals surface area (Å²) in [6, 6.07) is 4.71. The summed E-state index contributed by atoms with van der Waals surface area (Å²) in [6.45, 7) is 0.412. The molecule has 0 bridgehead atoms. The molecule has 1 saturated heterocycles. The Morgan fingerprint density at radius 3 is 2.72 bits per heavy atom. The van der Waals surface area contributed by atoms with Crippen LogP contribution in [0.4, 0.5) is 5.69 Å². The SMILES string of the molecule is O=[N+]([O-])c1cccc(S(=O)(=O)OC[C@@H]2CO2)c1.S. The van der Waals surface area contributed by atoms with E-state index in [-0.39, 0.29) is 36.8 Å². The van der Waals surface area contributed by atoms with Gasteiger partial charge in [-0.2, -0.15) is 21.9 Å². The van der Waals surface area contributed by atoms with Crippen LogP contribution in [-0.2, 0) is 19.0 Å². The van der Waals surface area contributed by atoms with E-state index in [9.17, 15) is 18.5 Å². The van der Waals surface area contributed by atoms with Crippen molar-refractivity contribution < 1.29 is 22.3 Å². The van der Waals surface area contributed by atoms with Gasteiger partial charge in [0.05, 0.1) is 18.1 Å². The fourth-order valence-corrected chi connectivity index (χ4v) is 2.13. The topological polar surface area (TPSA) is 99.0 Å². The highest BCUT2D eigenvalue weighted by atomic mass is 32.2. The number of nitro groups is 1. The Kier molecular flexibility index (Phi) is 4.68. The molecule has 7 nitrogen and oxygen atoms in total. The van der Waals surface area contributed by atoms with Crippen LogP contribution in [0, 0.1) is 10.1 Å². The first-order chi connectivity index (χ1) is 7.99. The van der Waals surface area contributed by atoms with E-state index >= 15 is 0 Å². The van der Waals surface area contributed by atoms with Gasteiger partial charge in [0.1, 0.15) is 11.0 Å². The van der Waals surface area contributed by atoms with Gasteiger partial charge in [0.2, 0.25) is 0 Å². The predicted octanol–water partition coefficient (Wildman–Crippen LogP) is 0.812. The second kappa shape index (κ2) is 5.65. The number of non-ortho nitro benzene ring substituents is 1. The van der Waals surface area contributed by atoms with Gasteiger partial charge in [0.15, 0.2) is 0 Å². The molecule has 0 amide bonds. The van der Waals surface area contributed by atoms with Crippen LogP contribution in [0.3, 0.4) is 0 Å². The molecule has 0 spiro atoms. The van der Waals surface area contributed by atoms with Gasteiger partial charge in [-0.3, -0.25) is 14.3 Å². The van der Waals surface area contributed by atoms with Crippen LogP contribution in [0.2, 0.25) is 0 Å². The quantitative estimate of drug-likeness (QED) is 0.345. The normalized spacial score (nSPS) is 17.9. The standard InChI is InChI=1S/C9H9NO6S.H2S/c11-10(12)7-2-1-3-9(4-7)17(13,14)16-6-8-5-15-8;/h1-4,8H,5-6H2;1H2/t8-;/m0./s1. The van der Waals surface area contributed by atoms with Crippen LogP contribution in [0.15, 0.2) is 29.2 Å². The smallest absolute Gasteiger partial charge is 0.297 e. The molecule has 9 heteroatoms. The number of nitrogens with zero attached hydrogens (tertiary/aromatic N) is 1. The highest BCUT2D eigenvalue weighted by Gasteiger charge is 2.27. The minimum atomic E-state index is -3.96. The van der Waals surface area contributed by atoms with Crippen LogP contribution in [0.5, 0.6) is 0 Å². The Bertz CT molecular complexity index is 540. The van der Waals surface area contributed by atoms with Crippen molar-refractivity contribution in [2.45, 2.75) is 11.0 Å². The second-order valence-electron chi connectivity index (χ2n) is 3.45. The number of nitro benzene ring substituents is 1. The number of benzene rings is 1. The van der Waals surface area contributed by atoms with Crippen molar-refractivity contribution in [3.8, 4) is 0 Å². The Balaban J connectivity index is 0.00000162. The first kappa shape index (κ1) is 14.9. The summed E-state index contributed by atoms with van der Waals surface area (Å²) >= 11 is 0. The third-order valence-electron chi connectivity index (χ3n) is 2.13. The average molecular weight is 293 g/mol. The van der Waals surface area contributed by atoms with Gasteiger partial charge >= 0.3 is 0 Å². The predicted molar refractivity (Wildman–Crippen MR) is 66.4 cm³/mol. The molecule has 1 aliphatic rings. The third kappa shape index (κ3) is 3.67. The lowest BCUT2D eigenvalue weighted by molar-refractivity contribution is -0.385. The molecule has 0 aromatic heterocycles. The fraction of sp³-hybridized carbons (Fsp3) is 0.333. The summed E-state index contributed by atoms with van der Waals surface area (Å²) in [6.07, 6.45) is -0.191. The molecular formula is C9H11NO6S2. The van der Waals surface area contributed by atoms with Gasteiger partial charge in [0.25, 0.3) is 15.8 Å². The van der Waals surface area contributed by atoms with Crippen LogP contribution >= 0.6 is 13.5 Å². The van der Waals surface area contributed by atoms with Gasteiger partial charge in [0, 0.05) is 12.1 Å². The lowest BCUT2D eigenvalue weighted by atomic mass is 10.3. The minimum absolute atomic E-state index is 0. The van der Waals surface area contributed by atoms with Crippen molar-refractivity contribution in [2.24, 2.45) is 0 Å². The molecule has 18 heavy (non-hydrogen) atoms. The van der Waals surface area contributed by atoms with E-state index in [1.54, 1.807) is 0 Å². The van der Waals surface area contributed by atoms with E-state index in [1.807, 2.05) is 0 Å². The van der Waals surface area contributed by atoms with Crippen LogP contribution < -0.4 is 0 Å². The van der Waals surface area contributed by atoms with E-state index in [0.29, 0.717) is 6.61 Å². The van der Waals surface area contributed by atoms with Gasteiger partial charge in [-0.05, 0) is 6.07 Å². The summed E-state index contributed by atoms with van der Waals surface area (Å²) < 4.78 is 32.8. The molecule has 0 radical (unpaired) electrons. The van der Waals surface area contributed by atoms with Gasteiger partial charge in [-0.25, -0.2) is 0 Å². The number of rotatable bonds is 5. The monoisotopic (exact) mass is 293 g/mol. The minimum Gasteiger partial charge on any atom is -0.371 e. The summed E-state index contributed by atoms with van der Waals surface area (Å²) in [5, 5.41) is 10.5. The molecule has 1 aliphatic heterocycles. The van der Waals surface area contributed by atoms with E-state index in [2.05, 4.69) is 0 Å². The largest absolute Gasteiger partial charge is 0.371 e. The first-order valence-electron chi connectivity index (χ1n) is 4.74. The molecule has 1 aromatic carbocycles. The molecule has 0 aliphatic carbocycles. The number of epoxide rings is 1. The van der Waals surface area contributed by atoms with Crippen LogP contribution in [0.1, 0.15) is 0 Å². The van der Waals surface area contributed by atoms with E-state index in [1.165, 1.54) is 18.2 Å². The maximum Gasteiger partial charge on any atom is 0.297 e. The Hall–Kier alpha value is -1.16. The summed E-state index contributed by atoms with van der Waals surface area (Å²) in [7, 11) is -3.96. The Labute approximate surface area is 110 Å². The van der Waals surface area contributed by atoms with Crippen molar-refractivity contribution in [3.05, 3.63) is 34.4 Å². The van der Waals surface area contributed by atoms with E-state index in [4.69, 9.17) is 8.92 Å². The molecule has 1 atom stereocenters. The lowest BCUT2D eigenvalue weighted by Gasteiger charge is -2.03. The molecule has 1 fully saturated rings. The van der Waals surface area contributed by atoms with Crippen LogP contribution in [-0.4, -0.2) is 32.7 Å². The lowest BCUT2D eigenvalue weighted by Crippen LogP contribution is -2.11. The third-order valence-corrected chi connectivity index (χ3v) is 3.41. The van der Waals surface area contributed by atoms with E-state index < -0.39 is 15.0 Å². The van der Waals surface area contributed by atoms with Crippen molar-refractivity contribution in [1.82, 2.24) is 0 Å². The van der Waals surface area contributed by atoms with Crippen LogP contribution in [0.25, 0.3) is 0 Å². The molecule has 0 saturated carbocycles. The fourth-order valence-electron chi connectivity index (χ4n) is 1.15. The van der Waals surface area contributed by atoms with Gasteiger partial charge in [-0.15, -0.1) is 0 Å². The van der Waals surface area contributed by atoms with Crippen molar-refractivity contribution in [1.29, 1.82) is 0 Å². The number of ether oxygens (including phenoxy) is 1. The highest BCUT2D eigenvalue weighted by molar-refractivity contribution is 7.86. The second-order valence-corrected chi connectivity index (χ2v) is 5.06. The van der Waals surface area contributed by atoms with Crippen molar-refractivity contribution >= 4 is 29.3 Å². The molecule has 0 N–H and O–H groups in total. The Morgan fingerprint density at radius 1 is 1.50 bits per heavy atom. The van der Waals surface area contributed by atoms with Crippen molar-refractivity contribution in [2.75, 3.05) is 13.2 Å². The summed E-state index contributed by atoms with van der Waals surface area (Å²) in [4.78, 5) is 9.61. The number of hydrogen-bond donors (Lipinski definition) is 0.